The summed E-state index contributed by atoms with van der Waals surface area (Å²) in [4.78, 5) is 11.3. The molecule has 0 spiro atoms. The van der Waals surface area contributed by atoms with Gasteiger partial charge in [-0.15, -0.1) is 0 Å². The van der Waals surface area contributed by atoms with Crippen molar-refractivity contribution in [3.63, 3.8) is 0 Å². The number of hydrogen-bond donors (Lipinski definition) is 1. The molecule has 1 aliphatic carbocycles. The van der Waals surface area contributed by atoms with Gasteiger partial charge >= 0.3 is 5.97 Å². The third kappa shape index (κ3) is 2.13. The highest BCUT2D eigenvalue weighted by molar-refractivity contribution is 9.10. The number of carboxylic acids is 1. The third-order valence-corrected chi connectivity index (χ3v) is 4.15. The van der Waals surface area contributed by atoms with Crippen LogP contribution >= 0.6 is 15.9 Å². The Morgan fingerprint density at radius 2 is 1.94 bits per heavy atom. The molecule has 0 bridgehead atoms. The van der Waals surface area contributed by atoms with E-state index in [9.17, 15) is 9.90 Å². The fourth-order valence-electron chi connectivity index (χ4n) is 2.17. The Balaban J connectivity index is 2.42. The number of rotatable bonds is 2. The zero-order valence-corrected chi connectivity index (χ0v) is 12.0. The molecule has 0 atom stereocenters. The average Bonchev–Trinajstić information content (AvgIpc) is 2.95. The Labute approximate surface area is 110 Å². The molecule has 0 saturated heterocycles. The van der Waals surface area contributed by atoms with Crippen LogP contribution in [0.4, 0.5) is 0 Å². The highest BCUT2D eigenvalue weighted by Crippen LogP contribution is 2.49. The van der Waals surface area contributed by atoms with E-state index in [1.54, 1.807) is 0 Å². The van der Waals surface area contributed by atoms with Crippen molar-refractivity contribution in [2.24, 2.45) is 0 Å². The molecule has 3 heteroatoms. The van der Waals surface area contributed by atoms with Crippen LogP contribution in [0.1, 0.15) is 44.7 Å². The average molecular weight is 297 g/mol. The van der Waals surface area contributed by atoms with Crippen LogP contribution in [0, 0.1) is 0 Å². The van der Waals surface area contributed by atoms with Crippen molar-refractivity contribution < 1.29 is 9.90 Å². The molecule has 0 unspecified atom stereocenters. The van der Waals surface area contributed by atoms with Gasteiger partial charge in [-0.05, 0) is 35.4 Å². The minimum absolute atomic E-state index is 0.0668. The Morgan fingerprint density at radius 3 is 2.29 bits per heavy atom. The van der Waals surface area contributed by atoms with Crippen LogP contribution in [0.2, 0.25) is 0 Å². The summed E-state index contributed by atoms with van der Waals surface area (Å²) in [5.74, 6) is -0.701. The van der Waals surface area contributed by atoms with Gasteiger partial charge < -0.3 is 5.11 Å². The molecule has 0 aromatic heterocycles. The molecule has 1 aliphatic rings. The van der Waals surface area contributed by atoms with E-state index in [1.165, 1.54) is 5.56 Å². The van der Waals surface area contributed by atoms with Crippen molar-refractivity contribution in [1.29, 1.82) is 0 Å². The van der Waals surface area contributed by atoms with Crippen molar-refractivity contribution in [1.82, 2.24) is 0 Å². The van der Waals surface area contributed by atoms with Gasteiger partial charge in [0.1, 0.15) is 0 Å². The predicted octanol–water partition coefficient (Wildman–Crippen LogP) is 3.86. The minimum atomic E-state index is -0.701. The zero-order chi connectivity index (χ0) is 12.8. The third-order valence-electron chi connectivity index (χ3n) is 3.49. The van der Waals surface area contributed by atoms with Gasteiger partial charge in [-0.2, -0.15) is 0 Å². The summed E-state index contributed by atoms with van der Waals surface area (Å²) in [5, 5.41) is 9.26. The smallest absolute Gasteiger partial charge is 0.314 e. The molecule has 0 aliphatic heterocycles. The summed E-state index contributed by atoms with van der Waals surface area (Å²) in [6.07, 6.45) is 1.51. The lowest BCUT2D eigenvalue weighted by Gasteiger charge is -2.22. The molecular formula is C14H17BrO2. The van der Waals surface area contributed by atoms with Crippen LogP contribution in [-0.2, 0) is 15.6 Å². The van der Waals surface area contributed by atoms with Crippen molar-refractivity contribution >= 4 is 21.9 Å². The maximum Gasteiger partial charge on any atom is 0.314 e. The Morgan fingerprint density at radius 1 is 1.35 bits per heavy atom. The monoisotopic (exact) mass is 296 g/mol. The molecule has 1 N–H and O–H groups in total. The fraction of sp³-hybridized carbons (Fsp3) is 0.500. The Kier molecular flexibility index (Phi) is 2.85. The first-order chi connectivity index (χ1) is 7.77. The van der Waals surface area contributed by atoms with E-state index in [1.807, 2.05) is 18.2 Å². The van der Waals surface area contributed by atoms with Gasteiger partial charge in [0, 0.05) is 4.47 Å². The van der Waals surface area contributed by atoms with E-state index in [0.717, 1.165) is 22.9 Å². The van der Waals surface area contributed by atoms with Gasteiger partial charge in [-0.1, -0.05) is 48.8 Å². The first-order valence-electron chi connectivity index (χ1n) is 5.81. The van der Waals surface area contributed by atoms with Gasteiger partial charge in [0.2, 0.25) is 0 Å². The van der Waals surface area contributed by atoms with E-state index < -0.39 is 11.4 Å². The number of carboxylic acid groups (broad SMARTS) is 1. The summed E-state index contributed by atoms with van der Waals surface area (Å²) in [6, 6.07) is 5.98. The first kappa shape index (κ1) is 12.6. The van der Waals surface area contributed by atoms with Crippen molar-refractivity contribution in [2.45, 2.75) is 44.4 Å². The number of halogens is 1. The number of benzene rings is 1. The maximum atomic E-state index is 11.3. The lowest BCUT2D eigenvalue weighted by Crippen LogP contribution is -2.20. The van der Waals surface area contributed by atoms with E-state index >= 15 is 0 Å². The normalized spacial score (nSPS) is 17.9. The summed E-state index contributed by atoms with van der Waals surface area (Å²) >= 11 is 3.56. The largest absolute Gasteiger partial charge is 0.481 e. The van der Waals surface area contributed by atoms with Crippen molar-refractivity contribution in [3.05, 3.63) is 33.8 Å². The van der Waals surface area contributed by atoms with Crippen LogP contribution in [0.5, 0.6) is 0 Å². The molecule has 2 nitrogen and oxygen atoms in total. The molecule has 1 fully saturated rings. The predicted molar refractivity (Wildman–Crippen MR) is 71.4 cm³/mol. The van der Waals surface area contributed by atoms with E-state index in [4.69, 9.17) is 0 Å². The molecule has 0 heterocycles. The SMILES string of the molecule is CC(C)(C)c1ccc(C2(C(=O)O)CC2)cc1Br. The highest BCUT2D eigenvalue weighted by atomic mass is 79.9. The van der Waals surface area contributed by atoms with Crippen LogP contribution in [0.15, 0.2) is 22.7 Å². The van der Waals surface area contributed by atoms with Crippen LogP contribution in [0.25, 0.3) is 0 Å². The second-order valence-corrected chi connectivity index (χ2v) is 6.69. The number of aliphatic carboxylic acids is 1. The number of hydrogen-bond acceptors (Lipinski definition) is 1. The molecule has 2 rings (SSSR count). The van der Waals surface area contributed by atoms with E-state index in [-0.39, 0.29) is 5.41 Å². The topological polar surface area (TPSA) is 37.3 Å². The van der Waals surface area contributed by atoms with Gasteiger partial charge in [-0.25, -0.2) is 0 Å². The van der Waals surface area contributed by atoms with Crippen molar-refractivity contribution in [2.75, 3.05) is 0 Å². The second kappa shape index (κ2) is 3.84. The second-order valence-electron chi connectivity index (χ2n) is 5.83. The molecule has 1 aromatic rings. The standard InChI is InChI=1S/C14H17BrO2/c1-13(2,3)10-5-4-9(8-11(10)15)14(6-7-14)12(16)17/h4-5,8H,6-7H2,1-3H3,(H,16,17). The van der Waals surface area contributed by atoms with Crippen LogP contribution < -0.4 is 0 Å². The summed E-state index contributed by atoms with van der Waals surface area (Å²) in [5.41, 5.74) is 1.59. The van der Waals surface area contributed by atoms with Crippen molar-refractivity contribution in [3.8, 4) is 0 Å². The van der Waals surface area contributed by atoms with E-state index in [0.29, 0.717) is 0 Å². The lowest BCUT2D eigenvalue weighted by molar-refractivity contribution is -0.140. The van der Waals surface area contributed by atoms with Gasteiger partial charge in [-0.3, -0.25) is 4.79 Å². The summed E-state index contributed by atoms with van der Waals surface area (Å²) < 4.78 is 1.01. The highest BCUT2D eigenvalue weighted by Gasteiger charge is 2.51. The molecule has 92 valence electrons. The van der Waals surface area contributed by atoms with Crippen LogP contribution in [-0.4, -0.2) is 11.1 Å². The zero-order valence-electron chi connectivity index (χ0n) is 10.4. The van der Waals surface area contributed by atoms with Gasteiger partial charge in [0.25, 0.3) is 0 Å². The summed E-state index contributed by atoms with van der Waals surface area (Å²) in [7, 11) is 0. The molecular weight excluding hydrogens is 280 g/mol. The molecule has 17 heavy (non-hydrogen) atoms. The molecule has 0 radical (unpaired) electrons. The molecule has 0 amide bonds. The first-order valence-corrected chi connectivity index (χ1v) is 6.60. The van der Waals surface area contributed by atoms with Gasteiger partial charge in [0.05, 0.1) is 5.41 Å². The quantitative estimate of drug-likeness (QED) is 0.900. The lowest BCUT2D eigenvalue weighted by atomic mass is 9.85. The Hall–Kier alpha value is -0.830. The minimum Gasteiger partial charge on any atom is -0.481 e. The van der Waals surface area contributed by atoms with Gasteiger partial charge in [0.15, 0.2) is 0 Å². The molecule has 1 aromatic carbocycles. The van der Waals surface area contributed by atoms with Crippen LogP contribution in [0.3, 0.4) is 0 Å². The fourth-order valence-corrected chi connectivity index (χ4v) is 3.15. The summed E-state index contributed by atoms with van der Waals surface area (Å²) in [6.45, 7) is 6.45. The molecule has 1 saturated carbocycles. The number of carbonyl (C=O) groups is 1. The van der Waals surface area contributed by atoms with E-state index in [2.05, 4.69) is 36.7 Å². The maximum absolute atomic E-state index is 11.3. The Bertz CT molecular complexity index is 468.